The van der Waals surface area contributed by atoms with Crippen LogP contribution in [0.3, 0.4) is 0 Å². The largest absolute Gasteiger partial charge is 0.394 e. The van der Waals surface area contributed by atoms with E-state index in [4.69, 9.17) is 10.8 Å². The van der Waals surface area contributed by atoms with Crippen LogP contribution in [0.5, 0.6) is 0 Å². The quantitative estimate of drug-likeness (QED) is 0.585. The lowest BCUT2D eigenvalue weighted by Crippen LogP contribution is -2.48. The summed E-state index contributed by atoms with van der Waals surface area (Å²) in [7, 11) is 0. The summed E-state index contributed by atoms with van der Waals surface area (Å²) in [5.41, 5.74) is 5.37. The van der Waals surface area contributed by atoms with Crippen LogP contribution in [0.1, 0.15) is 33.1 Å². The van der Waals surface area contributed by atoms with E-state index in [1.54, 1.807) is 0 Å². The van der Waals surface area contributed by atoms with Crippen molar-refractivity contribution < 1.29 is 9.90 Å². The molecule has 1 fully saturated rings. The Morgan fingerprint density at radius 2 is 2.14 bits per heavy atom. The molecule has 0 aliphatic heterocycles. The molecule has 0 aromatic rings. The van der Waals surface area contributed by atoms with Crippen LogP contribution >= 0.6 is 0 Å². The van der Waals surface area contributed by atoms with Crippen LogP contribution < -0.4 is 11.1 Å². The summed E-state index contributed by atoms with van der Waals surface area (Å²) in [6.07, 6.45) is 2.42. The maximum absolute atomic E-state index is 11.5. The van der Waals surface area contributed by atoms with Crippen LogP contribution in [0.15, 0.2) is 0 Å². The van der Waals surface area contributed by atoms with E-state index in [1.807, 2.05) is 13.8 Å². The summed E-state index contributed by atoms with van der Waals surface area (Å²) in [5, 5.41) is 11.8. The van der Waals surface area contributed by atoms with E-state index >= 15 is 0 Å². The van der Waals surface area contributed by atoms with Crippen LogP contribution in [0.25, 0.3) is 0 Å². The molecule has 1 aliphatic carbocycles. The Labute approximate surface area is 84.9 Å². The Hall–Kier alpha value is -0.610. The first kappa shape index (κ1) is 11.5. The molecule has 0 heterocycles. The fraction of sp³-hybridized carbons (Fsp3) is 0.900. The number of carbonyl (C=O) groups excluding carboxylic acids is 1. The van der Waals surface area contributed by atoms with Crippen molar-refractivity contribution in [3.63, 3.8) is 0 Å². The van der Waals surface area contributed by atoms with Crippen LogP contribution in [0.4, 0.5) is 0 Å². The van der Waals surface area contributed by atoms with E-state index in [9.17, 15) is 4.79 Å². The minimum Gasteiger partial charge on any atom is -0.394 e. The minimum absolute atomic E-state index is 0.0210. The SMILES string of the molecule is CC(C)C[C@@H](N)C(=O)NC1(CO)CC1. The first-order valence-corrected chi connectivity index (χ1v) is 5.17. The van der Waals surface area contributed by atoms with Gasteiger partial charge in [0.15, 0.2) is 0 Å². The van der Waals surface area contributed by atoms with E-state index in [1.165, 1.54) is 0 Å². The molecule has 0 radical (unpaired) electrons. The van der Waals surface area contributed by atoms with E-state index < -0.39 is 6.04 Å². The number of nitrogens with one attached hydrogen (secondary N) is 1. The third kappa shape index (κ3) is 2.96. The second-order valence-corrected chi connectivity index (χ2v) is 4.66. The molecule has 1 aliphatic rings. The summed E-state index contributed by atoms with van der Waals surface area (Å²) < 4.78 is 0. The molecular formula is C10H20N2O2. The van der Waals surface area contributed by atoms with Crippen molar-refractivity contribution in [3.8, 4) is 0 Å². The molecule has 1 atom stereocenters. The number of hydrogen-bond acceptors (Lipinski definition) is 3. The zero-order chi connectivity index (χ0) is 10.8. The van der Waals surface area contributed by atoms with Crippen molar-refractivity contribution >= 4 is 5.91 Å². The average Bonchev–Trinajstić information content (AvgIpc) is 2.84. The van der Waals surface area contributed by atoms with Crippen LogP contribution in [0.2, 0.25) is 0 Å². The Morgan fingerprint density at radius 1 is 1.57 bits per heavy atom. The van der Waals surface area contributed by atoms with E-state index in [0.717, 1.165) is 12.8 Å². The minimum atomic E-state index is -0.445. The number of nitrogens with two attached hydrogens (primary N) is 1. The molecule has 14 heavy (non-hydrogen) atoms. The normalized spacial score (nSPS) is 20.6. The van der Waals surface area contributed by atoms with Gasteiger partial charge in [-0.2, -0.15) is 0 Å². The van der Waals surface area contributed by atoms with Gasteiger partial charge >= 0.3 is 0 Å². The number of aliphatic hydroxyl groups is 1. The van der Waals surface area contributed by atoms with Gasteiger partial charge in [0, 0.05) is 0 Å². The molecule has 0 spiro atoms. The molecule has 0 saturated heterocycles. The number of carbonyl (C=O) groups is 1. The summed E-state index contributed by atoms with van der Waals surface area (Å²) in [4.78, 5) is 11.5. The van der Waals surface area contributed by atoms with Gasteiger partial charge in [0.2, 0.25) is 5.91 Å². The molecule has 1 rings (SSSR count). The second kappa shape index (κ2) is 4.28. The van der Waals surface area contributed by atoms with Gasteiger partial charge in [-0.25, -0.2) is 0 Å². The smallest absolute Gasteiger partial charge is 0.237 e. The highest BCUT2D eigenvalue weighted by Crippen LogP contribution is 2.34. The fourth-order valence-electron chi connectivity index (χ4n) is 1.44. The summed E-state index contributed by atoms with van der Waals surface area (Å²) in [5.74, 6) is 0.283. The summed E-state index contributed by atoms with van der Waals surface area (Å²) >= 11 is 0. The number of hydrogen-bond donors (Lipinski definition) is 3. The first-order chi connectivity index (χ1) is 6.49. The topological polar surface area (TPSA) is 75.4 Å². The molecular weight excluding hydrogens is 180 g/mol. The highest BCUT2D eigenvalue weighted by Gasteiger charge is 2.43. The van der Waals surface area contributed by atoms with E-state index in [-0.39, 0.29) is 18.1 Å². The van der Waals surface area contributed by atoms with Crippen LogP contribution in [-0.2, 0) is 4.79 Å². The van der Waals surface area contributed by atoms with Crippen molar-refractivity contribution in [2.45, 2.75) is 44.7 Å². The van der Waals surface area contributed by atoms with Crippen molar-refractivity contribution in [1.82, 2.24) is 5.32 Å². The molecule has 82 valence electrons. The van der Waals surface area contributed by atoms with Gasteiger partial charge in [-0.15, -0.1) is 0 Å². The second-order valence-electron chi connectivity index (χ2n) is 4.66. The first-order valence-electron chi connectivity index (χ1n) is 5.17. The van der Waals surface area contributed by atoms with Crippen molar-refractivity contribution in [2.75, 3.05) is 6.61 Å². The monoisotopic (exact) mass is 200 g/mol. The standard InChI is InChI=1S/C10H20N2O2/c1-7(2)5-8(11)9(14)12-10(6-13)3-4-10/h7-8,13H,3-6,11H2,1-2H3,(H,12,14)/t8-/m1/s1. The summed E-state index contributed by atoms with van der Waals surface area (Å²) in [6, 6.07) is -0.445. The zero-order valence-electron chi connectivity index (χ0n) is 8.92. The molecule has 0 aromatic carbocycles. The molecule has 4 nitrogen and oxygen atoms in total. The highest BCUT2D eigenvalue weighted by atomic mass is 16.3. The van der Waals surface area contributed by atoms with Crippen molar-refractivity contribution in [2.24, 2.45) is 11.7 Å². The average molecular weight is 200 g/mol. The lowest BCUT2D eigenvalue weighted by atomic mass is 10.0. The zero-order valence-corrected chi connectivity index (χ0v) is 8.92. The third-order valence-corrected chi connectivity index (χ3v) is 2.61. The fourth-order valence-corrected chi connectivity index (χ4v) is 1.44. The van der Waals surface area contributed by atoms with Gasteiger partial charge < -0.3 is 16.2 Å². The van der Waals surface area contributed by atoms with Gasteiger partial charge in [-0.1, -0.05) is 13.8 Å². The van der Waals surface area contributed by atoms with Crippen molar-refractivity contribution in [3.05, 3.63) is 0 Å². The predicted octanol–water partition coefficient (Wildman–Crippen LogP) is 0.000900. The Morgan fingerprint density at radius 3 is 2.50 bits per heavy atom. The Kier molecular flexibility index (Phi) is 3.50. The number of amides is 1. The third-order valence-electron chi connectivity index (χ3n) is 2.61. The summed E-state index contributed by atoms with van der Waals surface area (Å²) in [6.45, 7) is 4.09. The molecule has 4 heteroatoms. The predicted molar refractivity (Wildman–Crippen MR) is 54.6 cm³/mol. The molecule has 0 aromatic heterocycles. The maximum atomic E-state index is 11.5. The van der Waals surface area contributed by atoms with Crippen molar-refractivity contribution in [1.29, 1.82) is 0 Å². The number of aliphatic hydroxyl groups excluding tert-OH is 1. The molecule has 0 unspecified atom stereocenters. The molecule has 1 amide bonds. The van der Waals surface area contributed by atoms with Crippen LogP contribution in [0, 0.1) is 5.92 Å². The van der Waals surface area contributed by atoms with E-state index in [0.29, 0.717) is 12.3 Å². The molecule has 1 saturated carbocycles. The van der Waals surface area contributed by atoms with Gasteiger partial charge in [-0.05, 0) is 25.2 Å². The highest BCUT2D eigenvalue weighted by molar-refractivity contribution is 5.82. The van der Waals surface area contributed by atoms with Gasteiger partial charge in [0.25, 0.3) is 0 Å². The van der Waals surface area contributed by atoms with Gasteiger partial charge in [-0.3, -0.25) is 4.79 Å². The lowest BCUT2D eigenvalue weighted by molar-refractivity contribution is -0.124. The number of rotatable bonds is 5. The van der Waals surface area contributed by atoms with Crippen LogP contribution in [-0.4, -0.2) is 29.2 Å². The maximum Gasteiger partial charge on any atom is 0.237 e. The molecule has 0 bridgehead atoms. The molecule has 4 N–H and O–H groups in total. The van der Waals surface area contributed by atoms with Gasteiger partial charge in [0.1, 0.15) is 0 Å². The van der Waals surface area contributed by atoms with Gasteiger partial charge in [0.05, 0.1) is 18.2 Å². The van der Waals surface area contributed by atoms with E-state index in [2.05, 4.69) is 5.32 Å². The Balaban J connectivity index is 2.34. The Bertz CT molecular complexity index is 212. The lowest BCUT2D eigenvalue weighted by Gasteiger charge is -2.19.